The Balaban J connectivity index is 2.77. The molecule has 0 aliphatic rings. The van der Waals surface area contributed by atoms with Gasteiger partial charge in [0, 0.05) is 6.04 Å². The highest BCUT2D eigenvalue weighted by Gasteiger charge is 2.10. The van der Waals surface area contributed by atoms with Crippen molar-refractivity contribution >= 4 is 22.4 Å². The molecule has 2 aromatic heterocycles. The molecule has 0 aromatic carbocycles. The van der Waals surface area contributed by atoms with Crippen LogP contribution in [0.3, 0.4) is 0 Å². The molecular weight excluding hydrogens is 178 g/mol. The second-order valence-electron chi connectivity index (χ2n) is 3.55. The number of pyridine rings is 1. The summed E-state index contributed by atoms with van der Waals surface area (Å²) in [6, 6.07) is 0.267. The molecule has 0 fully saturated rings. The molecule has 0 atom stereocenters. The quantitative estimate of drug-likeness (QED) is 0.709. The molecule has 0 amide bonds. The highest BCUT2D eigenvalue weighted by Crippen LogP contribution is 2.25. The SMILES string of the molecule is CC(C)n1ncc2c(N)c(N)cnc21. The molecule has 0 aliphatic carbocycles. The normalized spacial score (nSPS) is 11.4. The zero-order valence-electron chi connectivity index (χ0n) is 8.23. The van der Waals surface area contributed by atoms with Gasteiger partial charge in [-0.25, -0.2) is 9.67 Å². The van der Waals surface area contributed by atoms with E-state index in [0.29, 0.717) is 11.4 Å². The smallest absolute Gasteiger partial charge is 0.160 e. The van der Waals surface area contributed by atoms with E-state index in [-0.39, 0.29) is 6.04 Å². The van der Waals surface area contributed by atoms with Crippen molar-refractivity contribution < 1.29 is 0 Å². The largest absolute Gasteiger partial charge is 0.396 e. The van der Waals surface area contributed by atoms with Crippen LogP contribution in [0.15, 0.2) is 12.4 Å². The minimum atomic E-state index is 0.267. The van der Waals surface area contributed by atoms with Crippen LogP contribution in [-0.2, 0) is 0 Å². The lowest BCUT2D eigenvalue weighted by Crippen LogP contribution is -2.04. The topological polar surface area (TPSA) is 82.8 Å². The van der Waals surface area contributed by atoms with E-state index in [9.17, 15) is 0 Å². The fraction of sp³-hybridized carbons (Fsp3) is 0.333. The van der Waals surface area contributed by atoms with Crippen LogP contribution in [0.25, 0.3) is 11.0 Å². The number of nitrogen functional groups attached to an aromatic ring is 2. The van der Waals surface area contributed by atoms with Crippen molar-refractivity contribution in [2.45, 2.75) is 19.9 Å². The fourth-order valence-electron chi connectivity index (χ4n) is 1.41. The van der Waals surface area contributed by atoms with E-state index in [1.807, 2.05) is 18.5 Å². The third-order valence-electron chi connectivity index (χ3n) is 2.19. The summed E-state index contributed by atoms with van der Waals surface area (Å²) >= 11 is 0. The van der Waals surface area contributed by atoms with E-state index < -0.39 is 0 Å². The van der Waals surface area contributed by atoms with Crippen molar-refractivity contribution in [3.05, 3.63) is 12.4 Å². The second kappa shape index (κ2) is 2.87. The molecule has 0 saturated heterocycles. The summed E-state index contributed by atoms with van der Waals surface area (Å²) in [4.78, 5) is 4.22. The number of hydrogen-bond donors (Lipinski definition) is 2. The van der Waals surface area contributed by atoms with E-state index in [1.54, 1.807) is 12.4 Å². The van der Waals surface area contributed by atoms with Gasteiger partial charge in [0.25, 0.3) is 0 Å². The number of fused-ring (bicyclic) bond motifs is 1. The predicted octanol–water partition coefficient (Wildman–Crippen LogP) is 1.18. The average molecular weight is 191 g/mol. The first-order valence-corrected chi connectivity index (χ1v) is 4.48. The van der Waals surface area contributed by atoms with Crippen LogP contribution < -0.4 is 11.5 Å². The number of anilines is 2. The van der Waals surface area contributed by atoms with Crippen LogP contribution in [0, 0.1) is 0 Å². The lowest BCUT2D eigenvalue weighted by molar-refractivity contribution is 0.546. The van der Waals surface area contributed by atoms with Crippen molar-refractivity contribution in [1.82, 2.24) is 14.8 Å². The van der Waals surface area contributed by atoms with Gasteiger partial charge in [-0.1, -0.05) is 0 Å². The molecule has 2 heterocycles. The molecule has 0 radical (unpaired) electrons. The van der Waals surface area contributed by atoms with Gasteiger partial charge in [0.2, 0.25) is 0 Å². The van der Waals surface area contributed by atoms with E-state index in [2.05, 4.69) is 10.1 Å². The van der Waals surface area contributed by atoms with Gasteiger partial charge in [0.05, 0.1) is 29.2 Å². The third kappa shape index (κ3) is 1.09. The second-order valence-corrected chi connectivity index (χ2v) is 3.55. The molecule has 2 aromatic rings. The molecule has 0 unspecified atom stereocenters. The maximum atomic E-state index is 5.81. The highest BCUT2D eigenvalue weighted by atomic mass is 15.3. The molecule has 0 bridgehead atoms. The monoisotopic (exact) mass is 191 g/mol. The predicted molar refractivity (Wildman–Crippen MR) is 56.7 cm³/mol. The van der Waals surface area contributed by atoms with E-state index in [0.717, 1.165) is 11.0 Å². The number of aromatic nitrogens is 3. The van der Waals surface area contributed by atoms with Gasteiger partial charge >= 0.3 is 0 Å². The molecule has 14 heavy (non-hydrogen) atoms. The van der Waals surface area contributed by atoms with Crippen molar-refractivity contribution in [3.8, 4) is 0 Å². The summed E-state index contributed by atoms with van der Waals surface area (Å²) < 4.78 is 1.82. The van der Waals surface area contributed by atoms with Crippen LogP contribution >= 0.6 is 0 Å². The number of rotatable bonds is 1. The van der Waals surface area contributed by atoms with Crippen molar-refractivity contribution in [3.63, 3.8) is 0 Å². The summed E-state index contributed by atoms with van der Waals surface area (Å²) in [5.41, 5.74) is 13.3. The van der Waals surface area contributed by atoms with Crippen molar-refractivity contribution in [2.75, 3.05) is 11.5 Å². The van der Waals surface area contributed by atoms with E-state index in [1.165, 1.54) is 0 Å². The van der Waals surface area contributed by atoms with E-state index in [4.69, 9.17) is 11.5 Å². The van der Waals surface area contributed by atoms with Crippen molar-refractivity contribution in [2.24, 2.45) is 0 Å². The Labute approximate surface area is 81.7 Å². The number of nitrogens with zero attached hydrogens (tertiary/aromatic N) is 3. The lowest BCUT2D eigenvalue weighted by Gasteiger charge is -2.06. The zero-order valence-corrected chi connectivity index (χ0v) is 8.23. The lowest BCUT2D eigenvalue weighted by atomic mass is 10.2. The Morgan fingerprint density at radius 1 is 1.29 bits per heavy atom. The van der Waals surface area contributed by atoms with Gasteiger partial charge < -0.3 is 11.5 Å². The van der Waals surface area contributed by atoms with Gasteiger partial charge in [0.15, 0.2) is 5.65 Å². The van der Waals surface area contributed by atoms with Crippen LogP contribution in [0.2, 0.25) is 0 Å². The zero-order chi connectivity index (χ0) is 10.3. The summed E-state index contributed by atoms with van der Waals surface area (Å²) in [6.45, 7) is 4.08. The number of hydrogen-bond acceptors (Lipinski definition) is 4. The minimum absolute atomic E-state index is 0.267. The maximum Gasteiger partial charge on any atom is 0.160 e. The first-order chi connectivity index (χ1) is 6.61. The number of nitrogens with two attached hydrogens (primary N) is 2. The minimum Gasteiger partial charge on any atom is -0.396 e. The van der Waals surface area contributed by atoms with Gasteiger partial charge in [-0.2, -0.15) is 5.10 Å². The molecule has 0 aliphatic heterocycles. The molecule has 0 saturated carbocycles. The van der Waals surface area contributed by atoms with Crippen LogP contribution in [0.5, 0.6) is 0 Å². The van der Waals surface area contributed by atoms with Gasteiger partial charge in [-0.15, -0.1) is 0 Å². The Kier molecular flexibility index (Phi) is 1.80. The molecular formula is C9H13N5. The first kappa shape index (κ1) is 8.80. The maximum absolute atomic E-state index is 5.81. The summed E-state index contributed by atoms with van der Waals surface area (Å²) in [6.07, 6.45) is 3.27. The van der Waals surface area contributed by atoms with Crippen LogP contribution in [0.1, 0.15) is 19.9 Å². The standard InChI is InChI=1S/C9H13N5/c1-5(2)14-9-6(3-13-14)8(11)7(10)4-12-9/h3-5H,10H2,1-2H3,(H2,11,12). The molecule has 4 N–H and O–H groups in total. The summed E-state index contributed by atoms with van der Waals surface area (Å²) in [7, 11) is 0. The Bertz CT molecular complexity index is 471. The van der Waals surface area contributed by atoms with E-state index >= 15 is 0 Å². The fourth-order valence-corrected chi connectivity index (χ4v) is 1.41. The van der Waals surface area contributed by atoms with Crippen LogP contribution in [0.4, 0.5) is 11.4 Å². The summed E-state index contributed by atoms with van der Waals surface area (Å²) in [5.74, 6) is 0. The van der Waals surface area contributed by atoms with Gasteiger partial charge in [0.1, 0.15) is 0 Å². The molecule has 5 nitrogen and oxygen atoms in total. The molecule has 0 spiro atoms. The Morgan fingerprint density at radius 2 is 2.00 bits per heavy atom. The Hall–Kier alpha value is -1.78. The molecule has 5 heteroatoms. The molecule has 74 valence electrons. The van der Waals surface area contributed by atoms with Crippen molar-refractivity contribution in [1.29, 1.82) is 0 Å². The first-order valence-electron chi connectivity index (χ1n) is 4.48. The Morgan fingerprint density at radius 3 is 2.64 bits per heavy atom. The third-order valence-corrected chi connectivity index (χ3v) is 2.19. The van der Waals surface area contributed by atoms with Gasteiger partial charge in [-0.3, -0.25) is 0 Å². The molecule has 2 rings (SSSR count). The van der Waals surface area contributed by atoms with Gasteiger partial charge in [-0.05, 0) is 13.8 Å². The summed E-state index contributed by atoms with van der Waals surface area (Å²) in [5, 5.41) is 5.03. The average Bonchev–Trinajstić information content (AvgIpc) is 2.55. The van der Waals surface area contributed by atoms with Crippen LogP contribution in [-0.4, -0.2) is 14.8 Å². The highest BCUT2D eigenvalue weighted by molar-refractivity contribution is 5.93.